The van der Waals surface area contributed by atoms with Crippen molar-refractivity contribution < 1.29 is 44.1 Å². The molecule has 1 rings (SSSR count). The Morgan fingerprint density at radius 1 is 0.963 bits per heavy atom. The van der Waals surface area contributed by atoms with Gasteiger partial charge in [-0.15, -0.1) is 0 Å². The Labute approximate surface area is 203 Å². The Morgan fingerprint density at radius 2 is 1.41 bits per heavy atom. The molecule has 1 aromatic carbocycles. The van der Waals surface area contributed by atoms with E-state index < -0.39 is 45.2 Å². The molecule has 5 nitrogen and oxygen atoms in total. The number of hydrogen-bond donors (Lipinski definition) is 2. The summed E-state index contributed by atoms with van der Waals surface area (Å²) in [6, 6.07) is 1.08. The molecule has 0 bridgehead atoms. The maximum atomic E-state index is 13.3. The minimum absolute atomic E-state index is 0.0839. The van der Waals surface area contributed by atoms with Crippen LogP contribution < -0.4 is 5.32 Å². The van der Waals surface area contributed by atoms with Crippen molar-refractivity contribution in [1.82, 2.24) is 5.32 Å². The third kappa shape index (κ3) is 5.83. The molecule has 27 heavy (non-hydrogen) atoms. The lowest BCUT2D eigenvalue weighted by atomic mass is 9.99. The molecule has 1 amide bonds. The van der Waals surface area contributed by atoms with Crippen LogP contribution in [0, 0.1) is 14.3 Å². The third-order valence-corrected chi connectivity index (χ3v) is 11.1. The van der Waals surface area contributed by atoms with Crippen molar-refractivity contribution in [3.8, 4) is 0 Å². The van der Waals surface area contributed by atoms with E-state index in [4.69, 9.17) is 4.55 Å². The van der Waals surface area contributed by atoms with Crippen LogP contribution in [0.5, 0.6) is 0 Å². The number of nitrogens with one attached hydrogen (secondary N) is 1. The number of alkyl halides is 6. The molecule has 0 heterocycles. The molecular weight excluding hydrogens is 864 g/mol. The monoisotopic (exact) mass is 869 g/mol. The van der Waals surface area contributed by atoms with Crippen LogP contribution in [0.1, 0.15) is 10.4 Å². The van der Waals surface area contributed by atoms with E-state index in [0.717, 1.165) is 11.4 Å². The van der Waals surface area contributed by atoms with E-state index in [0.29, 0.717) is 10.7 Å². The van der Waals surface area contributed by atoms with Crippen molar-refractivity contribution in [3.63, 3.8) is 0 Å². The first kappa shape index (κ1) is 26.1. The van der Waals surface area contributed by atoms with Gasteiger partial charge in [0.15, 0.2) is 0 Å². The summed E-state index contributed by atoms with van der Waals surface area (Å²) in [5.74, 6) is -4.60. The van der Waals surface area contributed by atoms with Gasteiger partial charge < -0.3 is 5.32 Å². The standard InChI is InChI=1S/C11H5F6I4NO4S/c12-10(13,14)9(11(15,16)17,2-27(24,25)26)22-8(23)3-1-4(18)6(20)7(21)5(3)19/h1H,2H2,(H,22,23)(H,24,25,26). The van der Waals surface area contributed by atoms with Gasteiger partial charge >= 0.3 is 12.4 Å². The van der Waals surface area contributed by atoms with E-state index >= 15 is 0 Å². The second-order valence-corrected chi connectivity index (χ2v) is 10.8. The first-order valence-electron chi connectivity index (χ1n) is 6.08. The van der Waals surface area contributed by atoms with Gasteiger partial charge in [0.25, 0.3) is 16.0 Å². The fourth-order valence-electron chi connectivity index (χ4n) is 1.78. The first-order chi connectivity index (χ1) is 11.8. The van der Waals surface area contributed by atoms with Crippen molar-refractivity contribution in [3.05, 3.63) is 25.9 Å². The van der Waals surface area contributed by atoms with Crippen LogP contribution in [-0.4, -0.2) is 42.5 Å². The molecule has 16 heteroatoms. The number of rotatable bonds is 4. The molecule has 0 aliphatic carbocycles. The maximum Gasteiger partial charge on any atom is 0.421 e. The highest BCUT2D eigenvalue weighted by atomic mass is 127. The van der Waals surface area contributed by atoms with Crippen molar-refractivity contribution in [2.75, 3.05) is 5.75 Å². The zero-order valence-electron chi connectivity index (χ0n) is 12.1. The van der Waals surface area contributed by atoms with Crippen LogP contribution in [0.15, 0.2) is 6.07 Å². The van der Waals surface area contributed by atoms with Gasteiger partial charge in [0.05, 0.1) is 5.56 Å². The summed E-state index contributed by atoms with van der Waals surface area (Å²) in [4.78, 5) is 12.3. The van der Waals surface area contributed by atoms with Gasteiger partial charge in [0.1, 0.15) is 5.75 Å². The summed E-state index contributed by atoms with van der Waals surface area (Å²) in [6.45, 7) is 0. The lowest BCUT2D eigenvalue weighted by Crippen LogP contribution is -2.70. The number of benzene rings is 1. The number of hydrogen-bond acceptors (Lipinski definition) is 3. The number of carbonyl (C=O) groups is 1. The minimum Gasteiger partial charge on any atom is -0.329 e. The normalized spacial score (nSPS) is 13.6. The van der Waals surface area contributed by atoms with Crippen LogP contribution in [0.3, 0.4) is 0 Å². The van der Waals surface area contributed by atoms with Crippen molar-refractivity contribution in [1.29, 1.82) is 0 Å². The van der Waals surface area contributed by atoms with E-state index in [1.54, 1.807) is 67.8 Å². The average molecular weight is 869 g/mol. The highest BCUT2D eigenvalue weighted by Crippen LogP contribution is 2.44. The van der Waals surface area contributed by atoms with Crippen molar-refractivity contribution in [2.24, 2.45) is 0 Å². The number of carbonyl (C=O) groups excluding carboxylic acids is 1. The van der Waals surface area contributed by atoms with Gasteiger partial charge in [0, 0.05) is 14.3 Å². The predicted molar refractivity (Wildman–Crippen MR) is 116 cm³/mol. The third-order valence-electron chi connectivity index (χ3n) is 3.04. The molecule has 0 saturated heterocycles. The lowest BCUT2D eigenvalue weighted by molar-refractivity contribution is -0.296. The molecule has 2 N–H and O–H groups in total. The molecule has 0 aliphatic rings. The molecule has 0 unspecified atom stereocenters. The van der Waals surface area contributed by atoms with Gasteiger partial charge in [-0.3, -0.25) is 9.35 Å². The van der Waals surface area contributed by atoms with E-state index in [9.17, 15) is 39.6 Å². The minimum atomic E-state index is -6.26. The summed E-state index contributed by atoms with van der Waals surface area (Å²) < 4.78 is 112. The van der Waals surface area contributed by atoms with Gasteiger partial charge in [-0.2, -0.15) is 34.8 Å². The van der Waals surface area contributed by atoms with Gasteiger partial charge in [0.2, 0.25) is 5.54 Å². The highest BCUT2D eigenvalue weighted by Gasteiger charge is 2.73. The smallest absolute Gasteiger partial charge is 0.329 e. The molecule has 154 valence electrons. The highest BCUT2D eigenvalue weighted by molar-refractivity contribution is 14.1. The van der Waals surface area contributed by atoms with E-state index in [1.807, 2.05) is 22.6 Å². The predicted octanol–water partition coefficient (Wildman–Crippen LogP) is 4.59. The van der Waals surface area contributed by atoms with E-state index in [1.165, 1.54) is 0 Å². The molecule has 0 radical (unpaired) electrons. The molecule has 0 fully saturated rings. The Balaban J connectivity index is 3.63. The number of amides is 1. The topological polar surface area (TPSA) is 83.5 Å². The zero-order valence-corrected chi connectivity index (χ0v) is 21.6. The van der Waals surface area contributed by atoms with E-state index in [-0.39, 0.29) is 3.57 Å². The lowest BCUT2D eigenvalue weighted by Gasteiger charge is -2.37. The summed E-state index contributed by atoms with van der Waals surface area (Å²) in [5, 5.41) is 0.756. The Bertz CT molecular complexity index is 857. The number of halogens is 10. The Morgan fingerprint density at radius 3 is 1.78 bits per heavy atom. The van der Waals surface area contributed by atoms with Crippen molar-refractivity contribution >= 4 is 106 Å². The summed E-state index contributed by atoms with van der Waals surface area (Å²) in [5.41, 5.74) is -5.69. The molecule has 0 spiro atoms. The maximum absolute atomic E-state index is 13.3. The SMILES string of the molecule is O=C(NC(CS(=O)(=O)O)(C(F)(F)F)C(F)(F)F)c1cc(I)c(I)c(I)c1I. The van der Waals surface area contributed by atoms with Crippen LogP contribution in [-0.2, 0) is 10.1 Å². The van der Waals surface area contributed by atoms with Gasteiger partial charge in [-0.25, -0.2) is 0 Å². The summed E-state index contributed by atoms with van der Waals surface area (Å²) in [7, 11) is -5.77. The van der Waals surface area contributed by atoms with Crippen LogP contribution in [0.25, 0.3) is 0 Å². The van der Waals surface area contributed by atoms with Crippen LogP contribution >= 0.6 is 90.4 Å². The first-order valence-corrected chi connectivity index (χ1v) is 12.0. The van der Waals surface area contributed by atoms with Gasteiger partial charge in [-0.1, -0.05) is 0 Å². The average Bonchev–Trinajstić information content (AvgIpc) is 2.44. The van der Waals surface area contributed by atoms with Crippen LogP contribution in [0.2, 0.25) is 0 Å². The zero-order chi connectivity index (χ0) is 21.6. The molecule has 0 atom stereocenters. The second kappa shape index (κ2) is 8.69. The largest absolute Gasteiger partial charge is 0.421 e. The Hall–Kier alpha value is 1.10. The van der Waals surface area contributed by atoms with E-state index in [2.05, 4.69) is 0 Å². The molecule has 0 aliphatic heterocycles. The molecule has 0 aromatic heterocycles. The molecule has 1 aromatic rings. The fourth-order valence-corrected chi connectivity index (χ4v) is 6.01. The molecule has 0 saturated carbocycles. The summed E-state index contributed by atoms with van der Waals surface area (Å²) >= 11 is 6.97. The van der Waals surface area contributed by atoms with Gasteiger partial charge in [-0.05, 0) is 96.4 Å². The molecular formula is C11H5F6I4NO4S. The van der Waals surface area contributed by atoms with Crippen molar-refractivity contribution in [2.45, 2.75) is 17.9 Å². The van der Waals surface area contributed by atoms with Crippen LogP contribution in [0.4, 0.5) is 26.3 Å². The Kier molecular flexibility index (Phi) is 8.41. The summed E-state index contributed by atoms with van der Waals surface area (Å²) in [6.07, 6.45) is -12.5. The second-order valence-electron chi connectivity index (χ2n) is 4.93. The fraction of sp³-hybridized carbons (Fsp3) is 0.364. The quantitative estimate of drug-likeness (QED) is 0.153.